The van der Waals surface area contributed by atoms with Crippen LogP contribution in [0.4, 0.5) is 0 Å². The van der Waals surface area contributed by atoms with E-state index in [1.165, 1.54) is 14.2 Å². The van der Waals surface area contributed by atoms with Crippen LogP contribution in [0.5, 0.6) is 17.2 Å². The molecule has 3 rings (SSSR count). The van der Waals surface area contributed by atoms with Crippen molar-refractivity contribution < 1.29 is 28.9 Å². The number of carbonyl (C=O) groups is 2. The first-order chi connectivity index (χ1) is 11.3. The molecule has 6 nitrogen and oxygen atoms in total. The van der Waals surface area contributed by atoms with Crippen molar-refractivity contribution in [2.45, 2.75) is 39.4 Å². The second-order valence-electron chi connectivity index (χ2n) is 6.13. The first-order valence-electron chi connectivity index (χ1n) is 7.78. The molecule has 1 aliphatic heterocycles. The zero-order valence-corrected chi connectivity index (χ0v) is 14.4. The van der Waals surface area contributed by atoms with Gasteiger partial charge in [-0.2, -0.15) is 0 Å². The van der Waals surface area contributed by atoms with Gasteiger partial charge in [-0.3, -0.25) is 9.59 Å². The molecule has 1 aliphatic carbocycles. The van der Waals surface area contributed by atoms with Gasteiger partial charge in [-0.25, -0.2) is 0 Å². The number of fused-ring (bicyclic) bond motifs is 1. The average Bonchev–Trinajstić information content (AvgIpc) is 2.53. The highest BCUT2D eigenvalue weighted by atomic mass is 16.5. The Morgan fingerprint density at radius 1 is 1.04 bits per heavy atom. The predicted molar refractivity (Wildman–Crippen MR) is 86.3 cm³/mol. The Labute approximate surface area is 140 Å². The lowest BCUT2D eigenvalue weighted by molar-refractivity contribution is 0.0148. The van der Waals surface area contributed by atoms with E-state index in [1.807, 2.05) is 6.92 Å². The van der Waals surface area contributed by atoms with Crippen molar-refractivity contribution in [3.8, 4) is 17.2 Å². The van der Waals surface area contributed by atoms with E-state index in [0.717, 1.165) is 0 Å². The van der Waals surface area contributed by atoms with Crippen LogP contribution < -0.4 is 9.47 Å². The zero-order valence-electron chi connectivity index (χ0n) is 14.4. The summed E-state index contributed by atoms with van der Waals surface area (Å²) in [6, 6.07) is 0. The molecular formula is C18H20O6. The fourth-order valence-corrected chi connectivity index (χ4v) is 3.63. The van der Waals surface area contributed by atoms with Crippen molar-refractivity contribution in [1.82, 2.24) is 0 Å². The first-order valence-corrected chi connectivity index (χ1v) is 7.78. The Hall–Kier alpha value is -2.34. The van der Waals surface area contributed by atoms with Crippen molar-refractivity contribution in [2.75, 3.05) is 14.2 Å². The van der Waals surface area contributed by atoms with Gasteiger partial charge in [0.15, 0.2) is 23.1 Å². The molecule has 0 fully saturated rings. The number of ether oxygens (including phenoxy) is 3. The lowest BCUT2D eigenvalue weighted by atomic mass is 9.76. The number of phenolic OH excluding ortho intramolecular Hbond substituents is 1. The topological polar surface area (TPSA) is 82.1 Å². The average molecular weight is 332 g/mol. The second-order valence-corrected chi connectivity index (χ2v) is 6.13. The number of ketones is 2. The van der Waals surface area contributed by atoms with Crippen LogP contribution in [-0.2, 0) is 4.74 Å². The van der Waals surface area contributed by atoms with E-state index in [9.17, 15) is 14.7 Å². The first kappa shape index (κ1) is 16.5. The van der Waals surface area contributed by atoms with Crippen LogP contribution in [0.15, 0.2) is 11.1 Å². The maximum atomic E-state index is 13.1. The van der Waals surface area contributed by atoms with E-state index < -0.39 is 6.10 Å². The van der Waals surface area contributed by atoms with Gasteiger partial charge in [0.2, 0.25) is 5.75 Å². The summed E-state index contributed by atoms with van der Waals surface area (Å²) >= 11 is 0. The van der Waals surface area contributed by atoms with Crippen molar-refractivity contribution in [1.29, 1.82) is 0 Å². The fraction of sp³-hybridized carbons (Fsp3) is 0.444. The van der Waals surface area contributed by atoms with Crippen LogP contribution in [-0.4, -0.2) is 43.1 Å². The number of rotatable bonds is 2. The van der Waals surface area contributed by atoms with Gasteiger partial charge in [-0.15, -0.1) is 0 Å². The number of benzene rings is 1. The molecule has 1 unspecified atom stereocenters. The molecule has 0 aromatic heterocycles. The van der Waals surface area contributed by atoms with Gasteiger partial charge in [0.05, 0.1) is 32.0 Å². The molecule has 1 aromatic rings. The standard InChI is InChI=1S/C18H20O6/c1-7-6-10-12(9(3)24-7)16(21)13-11(15(10)20)8(2)14(19)18(23-5)17(13)22-4/h7,9,19H,6H2,1-5H3/t7?,9-/m1/s1. The summed E-state index contributed by atoms with van der Waals surface area (Å²) in [4.78, 5) is 26.2. The molecule has 1 heterocycles. The molecule has 1 aromatic carbocycles. The largest absolute Gasteiger partial charge is 0.504 e. The van der Waals surface area contributed by atoms with Gasteiger partial charge >= 0.3 is 0 Å². The minimum atomic E-state index is -0.474. The van der Waals surface area contributed by atoms with Gasteiger partial charge in [0, 0.05) is 28.7 Å². The van der Waals surface area contributed by atoms with Gasteiger partial charge in [-0.1, -0.05) is 0 Å². The van der Waals surface area contributed by atoms with Gasteiger partial charge < -0.3 is 19.3 Å². The summed E-state index contributed by atoms with van der Waals surface area (Å²) in [5.74, 6) is -0.623. The normalized spacial score (nSPS) is 23.0. The number of hydrogen-bond acceptors (Lipinski definition) is 6. The minimum Gasteiger partial charge on any atom is -0.504 e. The molecule has 24 heavy (non-hydrogen) atoms. The van der Waals surface area contributed by atoms with Crippen molar-refractivity contribution in [2.24, 2.45) is 0 Å². The zero-order chi connectivity index (χ0) is 17.8. The van der Waals surface area contributed by atoms with Gasteiger partial charge in [0.25, 0.3) is 0 Å². The molecule has 0 radical (unpaired) electrons. The fourth-order valence-electron chi connectivity index (χ4n) is 3.63. The molecule has 0 amide bonds. The number of phenols is 1. The number of hydrogen-bond donors (Lipinski definition) is 1. The summed E-state index contributed by atoms with van der Waals surface area (Å²) in [5.41, 5.74) is 1.48. The van der Waals surface area contributed by atoms with E-state index >= 15 is 0 Å². The summed E-state index contributed by atoms with van der Waals surface area (Å²) in [6.45, 7) is 5.23. The lowest BCUT2D eigenvalue weighted by Crippen LogP contribution is -2.37. The monoisotopic (exact) mass is 332 g/mol. The van der Waals surface area contributed by atoms with Crippen LogP contribution in [0.25, 0.3) is 0 Å². The molecule has 1 N–H and O–H groups in total. The summed E-state index contributed by atoms with van der Waals surface area (Å²) < 4.78 is 16.2. The highest BCUT2D eigenvalue weighted by Crippen LogP contribution is 2.49. The van der Waals surface area contributed by atoms with Crippen molar-refractivity contribution >= 4 is 11.6 Å². The molecule has 128 valence electrons. The van der Waals surface area contributed by atoms with Crippen LogP contribution in [0.2, 0.25) is 0 Å². The summed E-state index contributed by atoms with van der Waals surface area (Å²) in [6.07, 6.45) is -0.248. The second kappa shape index (κ2) is 5.63. The third kappa shape index (κ3) is 2.06. The van der Waals surface area contributed by atoms with Crippen LogP contribution in [0, 0.1) is 6.92 Å². The van der Waals surface area contributed by atoms with Gasteiger partial charge in [0.1, 0.15) is 0 Å². The molecule has 0 spiro atoms. The highest BCUT2D eigenvalue weighted by molar-refractivity contribution is 6.29. The van der Waals surface area contributed by atoms with Crippen LogP contribution >= 0.6 is 0 Å². The molecular weight excluding hydrogens is 312 g/mol. The van der Waals surface area contributed by atoms with Crippen molar-refractivity contribution in [3.05, 3.63) is 27.8 Å². The van der Waals surface area contributed by atoms with Crippen molar-refractivity contribution in [3.63, 3.8) is 0 Å². The van der Waals surface area contributed by atoms with Crippen LogP contribution in [0.3, 0.4) is 0 Å². The molecule has 2 atom stereocenters. The lowest BCUT2D eigenvalue weighted by Gasteiger charge is -2.34. The van der Waals surface area contributed by atoms with E-state index in [1.54, 1.807) is 13.8 Å². The predicted octanol–water partition coefficient (Wildman–Crippen LogP) is 2.59. The Kier molecular flexibility index (Phi) is 3.87. The summed E-state index contributed by atoms with van der Waals surface area (Å²) in [7, 11) is 2.74. The SMILES string of the molecule is COc1c(O)c(C)c2c(c1OC)C(=O)C1=C(CC(C)O[C@@H]1C)C2=O. The van der Waals surface area contributed by atoms with E-state index in [-0.39, 0.29) is 46.0 Å². The smallest absolute Gasteiger partial charge is 0.204 e. The molecule has 2 aliphatic rings. The highest BCUT2D eigenvalue weighted by Gasteiger charge is 2.43. The quantitative estimate of drug-likeness (QED) is 0.896. The maximum Gasteiger partial charge on any atom is 0.204 e. The van der Waals surface area contributed by atoms with E-state index in [0.29, 0.717) is 23.1 Å². The van der Waals surface area contributed by atoms with E-state index in [4.69, 9.17) is 14.2 Å². The Morgan fingerprint density at radius 2 is 1.67 bits per heavy atom. The molecule has 0 saturated heterocycles. The molecule has 0 saturated carbocycles. The Morgan fingerprint density at radius 3 is 2.25 bits per heavy atom. The summed E-state index contributed by atoms with van der Waals surface area (Å²) in [5, 5.41) is 10.4. The number of methoxy groups -OCH3 is 2. The third-order valence-corrected chi connectivity index (χ3v) is 4.67. The molecule has 0 bridgehead atoms. The number of carbonyl (C=O) groups excluding carboxylic acids is 2. The maximum absolute atomic E-state index is 13.1. The Balaban J connectivity index is 2.36. The minimum absolute atomic E-state index is 0.0525. The number of Topliss-reactive ketones (excluding diaryl/α,β-unsaturated/α-hetero) is 2. The third-order valence-electron chi connectivity index (χ3n) is 4.67. The molecule has 6 heteroatoms. The van der Waals surface area contributed by atoms with Gasteiger partial charge in [-0.05, 0) is 20.8 Å². The number of aromatic hydroxyl groups is 1. The van der Waals surface area contributed by atoms with E-state index in [2.05, 4.69) is 0 Å². The van der Waals surface area contributed by atoms with Crippen LogP contribution in [0.1, 0.15) is 46.5 Å². The Bertz CT molecular complexity index is 789.